The van der Waals surface area contributed by atoms with Crippen LogP contribution in [-0.4, -0.2) is 37.0 Å². The molecule has 1 aliphatic heterocycles. The molecule has 0 bridgehead atoms. The minimum Gasteiger partial charge on any atom is -0.395 e. The van der Waals surface area contributed by atoms with E-state index < -0.39 is 45.0 Å². The largest absolute Gasteiger partial charge is 0.395 e. The Balaban J connectivity index is 2.51. The fourth-order valence-electron chi connectivity index (χ4n) is 2.20. The number of aliphatic hydroxyl groups is 1. The predicted octanol–water partition coefficient (Wildman–Crippen LogP) is 1.25. The summed E-state index contributed by atoms with van der Waals surface area (Å²) < 4.78 is 65.1. The Kier molecular flexibility index (Phi) is 3.84. The van der Waals surface area contributed by atoms with Gasteiger partial charge in [-0.1, -0.05) is 0 Å². The Morgan fingerprint density at radius 1 is 1.26 bits per heavy atom. The van der Waals surface area contributed by atoms with E-state index >= 15 is 0 Å². The van der Waals surface area contributed by atoms with Crippen LogP contribution in [0, 0.1) is 17.5 Å². The summed E-state index contributed by atoms with van der Waals surface area (Å²) in [6, 6.07) is -0.0613. The number of halogens is 3. The second-order valence-electron chi connectivity index (χ2n) is 4.29. The molecule has 1 fully saturated rings. The molecule has 19 heavy (non-hydrogen) atoms. The number of hydrogen-bond donors (Lipinski definition) is 1. The van der Waals surface area contributed by atoms with Gasteiger partial charge in [-0.15, -0.1) is 0 Å². The van der Waals surface area contributed by atoms with Gasteiger partial charge < -0.3 is 5.11 Å². The summed E-state index contributed by atoms with van der Waals surface area (Å²) in [7, 11) is -4.42. The second kappa shape index (κ2) is 5.10. The first-order valence-electron chi connectivity index (χ1n) is 5.65. The Bertz CT molecular complexity index is 568. The fraction of sp³-hybridized carbons (Fsp3) is 0.455. The molecule has 1 aromatic carbocycles. The highest BCUT2D eigenvalue weighted by atomic mass is 32.2. The molecule has 4 nitrogen and oxygen atoms in total. The quantitative estimate of drug-likeness (QED) is 0.913. The Morgan fingerprint density at radius 3 is 2.37 bits per heavy atom. The van der Waals surface area contributed by atoms with Gasteiger partial charge in [-0.25, -0.2) is 21.6 Å². The maximum atomic E-state index is 13.5. The van der Waals surface area contributed by atoms with Crippen molar-refractivity contribution in [3.8, 4) is 0 Å². The van der Waals surface area contributed by atoms with Crippen LogP contribution in [0.4, 0.5) is 13.2 Å². The van der Waals surface area contributed by atoms with Gasteiger partial charge in [0.15, 0.2) is 4.90 Å². The minimum absolute atomic E-state index is 0.0732. The summed E-state index contributed by atoms with van der Waals surface area (Å²) in [6.07, 6.45) is 0.912. The molecule has 8 heteroatoms. The highest BCUT2D eigenvalue weighted by Gasteiger charge is 2.38. The monoisotopic (exact) mass is 295 g/mol. The number of aliphatic hydroxyl groups excluding tert-OH is 1. The van der Waals surface area contributed by atoms with Crippen molar-refractivity contribution < 1.29 is 26.7 Å². The lowest BCUT2D eigenvalue weighted by atomic mass is 10.2. The fourth-order valence-corrected chi connectivity index (χ4v) is 3.98. The maximum Gasteiger partial charge on any atom is 0.249 e. The molecule has 1 saturated heterocycles. The molecule has 1 unspecified atom stereocenters. The van der Waals surface area contributed by atoms with Crippen LogP contribution in [0.25, 0.3) is 0 Å². The van der Waals surface area contributed by atoms with Gasteiger partial charge in [0.2, 0.25) is 10.0 Å². The van der Waals surface area contributed by atoms with E-state index in [1.165, 1.54) is 0 Å². The maximum absolute atomic E-state index is 13.5. The van der Waals surface area contributed by atoms with E-state index in [1.807, 2.05) is 0 Å². The van der Waals surface area contributed by atoms with Gasteiger partial charge in [-0.2, -0.15) is 4.31 Å². The van der Waals surface area contributed by atoms with E-state index in [-0.39, 0.29) is 6.54 Å². The minimum atomic E-state index is -4.42. The Hall–Kier alpha value is -1.12. The zero-order valence-electron chi connectivity index (χ0n) is 9.81. The molecule has 106 valence electrons. The molecule has 0 radical (unpaired) electrons. The van der Waals surface area contributed by atoms with E-state index in [1.54, 1.807) is 0 Å². The highest BCUT2D eigenvalue weighted by Crippen LogP contribution is 2.29. The SMILES string of the molecule is O=S(=O)(c1c(F)cc(F)cc1F)N1CCCC1CO. The third-order valence-electron chi connectivity index (χ3n) is 3.06. The van der Waals surface area contributed by atoms with Crippen molar-refractivity contribution in [2.24, 2.45) is 0 Å². The van der Waals surface area contributed by atoms with E-state index in [0.29, 0.717) is 25.0 Å². The van der Waals surface area contributed by atoms with Crippen LogP contribution in [0.3, 0.4) is 0 Å². The second-order valence-corrected chi connectivity index (χ2v) is 6.12. The van der Waals surface area contributed by atoms with Crippen LogP contribution < -0.4 is 0 Å². The van der Waals surface area contributed by atoms with Gasteiger partial charge >= 0.3 is 0 Å². The van der Waals surface area contributed by atoms with E-state index in [4.69, 9.17) is 5.11 Å². The summed E-state index contributed by atoms with van der Waals surface area (Å²) in [5.41, 5.74) is 0. The number of nitrogens with zero attached hydrogens (tertiary/aromatic N) is 1. The number of sulfonamides is 1. The van der Waals surface area contributed by atoms with Crippen molar-refractivity contribution in [1.29, 1.82) is 0 Å². The van der Waals surface area contributed by atoms with Crippen LogP contribution in [0.1, 0.15) is 12.8 Å². The lowest BCUT2D eigenvalue weighted by Crippen LogP contribution is -2.38. The highest BCUT2D eigenvalue weighted by molar-refractivity contribution is 7.89. The first-order valence-corrected chi connectivity index (χ1v) is 7.09. The van der Waals surface area contributed by atoms with E-state index in [2.05, 4.69) is 0 Å². The summed E-state index contributed by atoms with van der Waals surface area (Å²) in [4.78, 5) is -1.17. The van der Waals surface area contributed by atoms with Crippen molar-refractivity contribution >= 4 is 10.0 Å². The number of benzene rings is 1. The van der Waals surface area contributed by atoms with Gasteiger partial charge in [0.25, 0.3) is 0 Å². The van der Waals surface area contributed by atoms with Gasteiger partial charge in [-0.05, 0) is 12.8 Å². The molecule has 1 aromatic rings. The molecule has 1 heterocycles. The summed E-state index contributed by atoms with van der Waals surface area (Å²) in [5.74, 6) is -4.13. The molecule has 0 saturated carbocycles. The predicted molar refractivity (Wildman–Crippen MR) is 60.3 cm³/mol. The van der Waals surface area contributed by atoms with Crippen LogP contribution >= 0.6 is 0 Å². The first kappa shape index (κ1) is 14.3. The molecule has 0 spiro atoms. The van der Waals surface area contributed by atoms with Crippen LogP contribution in [0.2, 0.25) is 0 Å². The smallest absolute Gasteiger partial charge is 0.249 e. The lowest BCUT2D eigenvalue weighted by Gasteiger charge is -2.22. The van der Waals surface area contributed by atoms with Gasteiger partial charge in [0.05, 0.1) is 6.61 Å². The molecule has 1 N–H and O–H groups in total. The molecule has 0 aromatic heterocycles. The topological polar surface area (TPSA) is 57.6 Å². The molecular formula is C11H12F3NO3S. The van der Waals surface area contributed by atoms with Gasteiger partial charge in [0, 0.05) is 24.7 Å². The molecule has 0 amide bonds. The average molecular weight is 295 g/mol. The molecule has 0 aliphatic carbocycles. The summed E-state index contributed by atoms with van der Waals surface area (Å²) in [5, 5.41) is 9.08. The third kappa shape index (κ3) is 2.47. The molecule has 1 aliphatic rings. The van der Waals surface area contributed by atoms with Crippen LogP contribution in [0.5, 0.6) is 0 Å². The van der Waals surface area contributed by atoms with Crippen molar-refractivity contribution in [3.05, 3.63) is 29.6 Å². The zero-order chi connectivity index (χ0) is 14.2. The standard InChI is InChI=1S/C11H12F3NO3S/c12-7-4-9(13)11(10(14)5-7)19(17,18)15-3-1-2-8(15)6-16/h4-5,8,16H,1-3,6H2. The number of hydrogen-bond acceptors (Lipinski definition) is 3. The van der Waals surface area contributed by atoms with Crippen molar-refractivity contribution in [3.63, 3.8) is 0 Å². The third-order valence-corrected chi connectivity index (χ3v) is 5.07. The lowest BCUT2D eigenvalue weighted by molar-refractivity contribution is 0.213. The van der Waals surface area contributed by atoms with Gasteiger partial charge in [-0.3, -0.25) is 0 Å². The molecular weight excluding hydrogens is 283 g/mol. The van der Waals surface area contributed by atoms with E-state index in [0.717, 1.165) is 4.31 Å². The summed E-state index contributed by atoms with van der Waals surface area (Å²) >= 11 is 0. The van der Waals surface area contributed by atoms with Gasteiger partial charge in [0.1, 0.15) is 17.5 Å². The summed E-state index contributed by atoms with van der Waals surface area (Å²) in [6.45, 7) is -0.354. The average Bonchev–Trinajstić information content (AvgIpc) is 2.75. The first-order chi connectivity index (χ1) is 8.87. The van der Waals surface area contributed by atoms with Crippen molar-refractivity contribution in [1.82, 2.24) is 4.31 Å². The Labute approximate surface area is 108 Å². The van der Waals surface area contributed by atoms with Crippen molar-refractivity contribution in [2.75, 3.05) is 13.2 Å². The number of rotatable bonds is 3. The van der Waals surface area contributed by atoms with Crippen LogP contribution in [-0.2, 0) is 10.0 Å². The Morgan fingerprint density at radius 2 is 1.84 bits per heavy atom. The molecule has 1 atom stereocenters. The van der Waals surface area contributed by atoms with Crippen LogP contribution in [0.15, 0.2) is 17.0 Å². The zero-order valence-corrected chi connectivity index (χ0v) is 10.6. The van der Waals surface area contributed by atoms with E-state index in [9.17, 15) is 21.6 Å². The van der Waals surface area contributed by atoms with Crippen molar-refractivity contribution in [2.45, 2.75) is 23.8 Å². The normalized spacial score (nSPS) is 20.9. The molecule has 2 rings (SSSR count).